The fourth-order valence-corrected chi connectivity index (χ4v) is 3.09. The summed E-state index contributed by atoms with van der Waals surface area (Å²) in [5, 5.41) is 2.95. The Morgan fingerprint density at radius 1 is 1.24 bits per heavy atom. The van der Waals surface area contributed by atoms with E-state index in [1.54, 1.807) is 24.3 Å². The Morgan fingerprint density at radius 3 is 2.84 bits per heavy atom. The van der Waals surface area contributed by atoms with Crippen LogP contribution < -0.4 is 11.1 Å². The molecule has 1 heterocycles. The first-order valence-electron chi connectivity index (χ1n) is 8.65. The maximum atomic E-state index is 12.2. The van der Waals surface area contributed by atoms with Gasteiger partial charge in [0.05, 0.1) is 12.7 Å². The van der Waals surface area contributed by atoms with Crippen LogP contribution in [-0.4, -0.2) is 36.6 Å². The summed E-state index contributed by atoms with van der Waals surface area (Å²) in [5.41, 5.74) is 9.25. The van der Waals surface area contributed by atoms with Gasteiger partial charge in [-0.05, 0) is 36.2 Å². The van der Waals surface area contributed by atoms with Gasteiger partial charge in [-0.3, -0.25) is 9.69 Å². The second kappa shape index (κ2) is 8.14. The Morgan fingerprint density at radius 2 is 2.04 bits per heavy atom. The summed E-state index contributed by atoms with van der Waals surface area (Å²) >= 11 is 0. The lowest BCUT2D eigenvalue weighted by Gasteiger charge is -2.31. The molecule has 1 saturated heterocycles. The topological polar surface area (TPSA) is 67.6 Å². The van der Waals surface area contributed by atoms with Gasteiger partial charge in [-0.2, -0.15) is 0 Å². The molecule has 1 unspecified atom stereocenters. The third-order valence-corrected chi connectivity index (χ3v) is 4.32. The van der Waals surface area contributed by atoms with Crippen LogP contribution in [0.2, 0.25) is 0 Å². The van der Waals surface area contributed by atoms with Crippen LogP contribution in [0.1, 0.15) is 28.4 Å². The van der Waals surface area contributed by atoms with Crippen molar-refractivity contribution in [2.24, 2.45) is 0 Å². The predicted octanol–water partition coefficient (Wildman–Crippen LogP) is 2.42. The number of nitrogen functional groups attached to an aromatic ring is 1. The van der Waals surface area contributed by atoms with Crippen LogP contribution in [0.4, 0.5) is 5.69 Å². The standard InChI is InChI=1S/C20H25N3O2/c1-15-13-23(8-9-25-15)14-17-5-2-4-16(10-17)12-22-20(24)18-6-3-7-19(21)11-18/h2-7,10-11,15H,8-9,12-14,21H2,1H3,(H,22,24). The average Bonchev–Trinajstić information content (AvgIpc) is 2.60. The van der Waals surface area contributed by atoms with Gasteiger partial charge in [0.15, 0.2) is 0 Å². The third kappa shape index (κ3) is 5.05. The number of carbonyl (C=O) groups is 1. The van der Waals surface area contributed by atoms with Crippen LogP contribution in [0, 0.1) is 0 Å². The molecule has 0 aromatic heterocycles. The largest absolute Gasteiger partial charge is 0.399 e. The molecule has 25 heavy (non-hydrogen) atoms. The normalized spacial score (nSPS) is 18.0. The molecule has 3 rings (SSSR count). The van der Waals surface area contributed by atoms with Crippen molar-refractivity contribution in [2.45, 2.75) is 26.1 Å². The fraction of sp³-hybridized carbons (Fsp3) is 0.350. The number of ether oxygens (including phenoxy) is 1. The summed E-state index contributed by atoms with van der Waals surface area (Å²) in [5.74, 6) is -0.111. The van der Waals surface area contributed by atoms with E-state index in [0.717, 1.165) is 31.8 Å². The molecule has 0 aliphatic carbocycles. The molecule has 0 saturated carbocycles. The van der Waals surface area contributed by atoms with Crippen molar-refractivity contribution in [1.29, 1.82) is 0 Å². The Bertz CT molecular complexity index is 732. The maximum absolute atomic E-state index is 12.2. The summed E-state index contributed by atoms with van der Waals surface area (Å²) in [6, 6.07) is 15.4. The summed E-state index contributed by atoms with van der Waals surface area (Å²) in [4.78, 5) is 14.6. The molecule has 3 N–H and O–H groups in total. The van der Waals surface area contributed by atoms with Crippen LogP contribution in [0.15, 0.2) is 48.5 Å². The van der Waals surface area contributed by atoms with E-state index in [9.17, 15) is 4.79 Å². The van der Waals surface area contributed by atoms with Crippen LogP contribution in [0.25, 0.3) is 0 Å². The summed E-state index contributed by atoms with van der Waals surface area (Å²) in [6.45, 7) is 6.22. The zero-order valence-electron chi connectivity index (χ0n) is 14.6. The summed E-state index contributed by atoms with van der Waals surface area (Å²) in [7, 11) is 0. The highest BCUT2D eigenvalue weighted by Gasteiger charge is 2.16. The van der Waals surface area contributed by atoms with Gasteiger partial charge < -0.3 is 15.8 Å². The van der Waals surface area contributed by atoms with E-state index >= 15 is 0 Å². The molecule has 1 aliphatic rings. The van der Waals surface area contributed by atoms with E-state index < -0.39 is 0 Å². The number of amides is 1. The van der Waals surface area contributed by atoms with Gasteiger partial charge in [-0.15, -0.1) is 0 Å². The summed E-state index contributed by atoms with van der Waals surface area (Å²) in [6.07, 6.45) is 0.287. The molecule has 0 spiro atoms. The number of hydrogen-bond donors (Lipinski definition) is 2. The van der Waals surface area contributed by atoms with Gasteiger partial charge in [0.25, 0.3) is 5.91 Å². The first-order valence-corrected chi connectivity index (χ1v) is 8.65. The molecular formula is C20H25N3O2. The van der Waals surface area contributed by atoms with E-state index in [-0.39, 0.29) is 12.0 Å². The van der Waals surface area contributed by atoms with Crippen LogP contribution >= 0.6 is 0 Å². The number of morpholine rings is 1. The van der Waals surface area contributed by atoms with Crippen LogP contribution in [0.5, 0.6) is 0 Å². The van der Waals surface area contributed by atoms with E-state index in [1.165, 1.54) is 5.56 Å². The molecule has 2 aromatic rings. The molecule has 0 bridgehead atoms. The number of nitrogens with two attached hydrogens (primary N) is 1. The molecule has 5 heteroatoms. The van der Waals surface area contributed by atoms with Crippen LogP contribution in [0.3, 0.4) is 0 Å². The molecule has 2 aromatic carbocycles. The number of anilines is 1. The minimum absolute atomic E-state index is 0.111. The van der Waals surface area contributed by atoms with Gasteiger partial charge in [0.1, 0.15) is 0 Å². The van der Waals surface area contributed by atoms with E-state index in [2.05, 4.69) is 29.3 Å². The van der Waals surface area contributed by atoms with Crippen molar-refractivity contribution in [2.75, 3.05) is 25.4 Å². The molecule has 1 fully saturated rings. The van der Waals surface area contributed by atoms with E-state index in [0.29, 0.717) is 17.8 Å². The second-order valence-electron chi connectivity index (χ2n) is 6.54. The van der Waals surface area contributed by atoms with Gasteiger partial charge in [0, 0.05) is 37.4 Å². The zero-order valence-corrected chi connectivity index (χ0v) is 14.6. The van der Waals surface area contributed by atoms with Crippen molar-refractivity contribution in [1.82, 2.24) is 10.2 Å². The maximum Gasteiger partial charge on any atom is 0.251 e. The number of hydrogen-bond acceptors (Lipinski definition) is 4. The monoisotopic (exact) mass is 339 g/mol. The number of carbonyl (C=O) groups excluding carboxylic acids is 1. The van der Waals surface area contributed by atoms with E-state index in [1.807, 2.05) is 12.1 Å². The molecule has 1 atom stereocenters. The number of rotatable bonds is 5. The quantitative estimate of drug-likeness (QED) is 0.821. The lowest BCUT2D eigenvalue weighted by atomic mass is 10.1. The highest BCUT2D eigenvalue weighted by Crippen LogP contribution is 2.12. The lowest BCUT2D eigenvalue weighted by Crippen LogP contribution is -2.40. The Kier molecular flexibility index (Phi) is 5.68. The Hall–Kier alpha value is -2.37. The minimum atomic E-state index is -0.111. The highest BCUT2D eigenvalue weighted by atomic mass is 16.5. The molecule has 0 radical (unpaired) electrons. The highest BCUT2D eigenvalue weighted by molar-refractivity contribution is 5.94. The Labute approximate surface area is 148 Å². The smallest absolute Gasteiger partial charge is 0.251 e. The second-order valence-corrected chi connectivity index (χ2v) is 6.54. The first-order chi connectivity index (χ1) is 12.1. The van der Waals surface area contributed by atoms with Crippen molar-refractivity contribution in [3.05, 3.63) is 65.2 Å². The minimum Gasteiger partial charge on any atom is -0.399 e. The molecule has 1 aliphatic heterocycles. The summed E-state index contributed by atoms with van der Waals surface area (Å²) < 4.78 is 5.59. The van der Waals surface area contributed by atoms with Crippen molar-refractivity contribution in [3.8, 4) is 0 Å². The van der Waals surface area contributed by atoms with Crippen molar-refractivity contribution >= 4 is 11.6 Å². The molecule has 132 valence electrons. The average molecular weight is 339 g/mol. The SMILES string of the molecule is CC1CN(Cc2cccc(CNC(=O)c3cccc(N)c3)c2)CCO1. The number of nitrogens with zero attached hydrogens (tertiary/aromatic N) is 1. The van der Waals surface area contributed by atoms with Gasteiger partial charge in [-0.1, -0.05) is 30.3 Å². The number of nitrogens with one attached hydrogen (secondary N) is 1. The van der Waals surface area contributed by atoms with Gasteiger partial charge >= 0.3 is 0 Å². The molecular weight excluding hydrogens is 314 g/mol. The fourth-order valence-electron chi connectivity index (χ4n) is 3.09. The molecule has 5 nitrogen and oxygen atoms in total. The van der Waals surface area contributed by atoms with E-state index in [4.69, 9.17) is 10.5 Å². The zero-order chi connectivity index (χ0) is 17.6. The van der Waals surface area contributed by atoms with Crippen molar-refractivity contribution in [3.63, 3.8) is 0 Å². The van der Waals surface area contributed by atoms with Gasteiger partial charge in [0.2, 0.25) is 0 Å². The molecule has 1 amide bonds. The first kappa shape index (κ1) is 17.5. The lowest BCUT2D eigenvalue weighted by molar-refractivity contribution is -0.0212. The number of benzene rings is 2. The third-order valence-electron chi connectivity index (χ3n) is 4.32. The van der Waals surface area contributed by atoms with Crippen molar-refractivity contribution < 1.29 is 9.53 Å². The van der Waals surface area contributed by atoms with Crippen LogP contribution in [-0.2, 0) is 17.8 Å². The van der Waals surface area contributed by atoms with Gasteiger partial charge in [-0.25, -0.2) is 0 Å². The Balaban J connectivity index is 1.57. The predicted molar refractivity (Wildman–Crippen MR) is 99.2 cm³/mol.